The van der Waals surface area contributed by atoms with Crippen LogP contribution in [0.25, 0.3) is 6.08 Å². The Labute approximate surface area is 132 Å². The highest BCUT2D eigenvalue weighted by Gasteiger charge is 2.12. The van der Waals surface area contributed by atoms with Gasteiger partial charge in [0, 0.05) is 10.6 Å². The summed E-state index contributed by atoms with van der Waals surface area (Å²) in [5.74, 6) is 0. The second-order valence-corrected chi connectivity index (χ2v) is 5.15. The number of aromatic nitrogens is 2. The second kappa shape index (κ2) is 6.45. The van der Waals surface area contributed by atoms with Crippen molar-refractivity contribution in [3.63, 3.8) is 0 Å². The van der Waals surface area contributed by atoms with Crippen molar-refractivity contribution in [3.8, 4) is 12.1 Å². The SMILES string of the molecule is Cc1nn(Cc2ccc(Cl)cc2)c(Cl)c1C=C(C#N)C#N. The van der Waals surface area contributed by atoms with Crippen molar-refractivity contribution in [2.75, 3.05) is 0 Å². The molecule has 0 aliphatic carbocycles. The van der Waals surface area contributed by atoms with Gasteiger partial charge in [-0.1, -0.05) is 35.3 Å². The minimum Gasteiger partial charge on any atom is -0.249 e. The molecule has 0 aliphatic heterocycles. The Kier molecular flexibility index (Phi) is 4.65. The van der Waals surface area contributed by atoms with Crippen LogP contribution in [0.15, 0.2) is 29.8 Å². The summed E-state index contributed by atoms with van der Waals surface area (Å²) < 4.78 is 1.62. The van der Waals surface area contributed by atoms with Crippen LogP contribution < -0.4 is 0 Å². The first-order valence-electron chi connectivity index (χ1n) is 6.04. The minimum atomic E-state index is -0.00829. The third-order valence-electron chi connectivity index (χ3n) is 2.88. The van der Waals surface area contributed by atoms with Crippen molar-refractivity contribution in [1.82, 2.24) is 9.78 Å². The van der Waals surface area contributed by atoms with Crippen LogP contribution in [0.5, 0.6) is 0 Å². The van der Waals surface area contributed by atoms with Crippen LogP contribution in [0.2, 0.25) is 10.2 Å². The Bertz CT molecular complexity index is 758. The fourth-order valence-corrected chi connectivity index (χ4v) is 2.25. The average Bonchev–Trinajstić information content (AvgIpc) is 2.74. The molecule has 4 nitrogen and oxygen atoms in total. The van der Waals surface area contributed by atoms with E-state index in [1.54, 1.807) is 23.7 Å². The van der Waals surface area contributed by atoms with Crippen LogP contribution in [0, 0.1) is 29.6 Å². The third-order valence-corrected chi connectivity index (χ3v) is 3.54. The highest BCUT2D eigenvalue weighted by atomic mass is 35.5. The molecule has 0 saturated heterocycles. The molecule has 0 unspecified atom stereocenters. The first-order valence-corrected chi connectivity index (χ1v) is 6.80. The third kappa shape index (κ3) is 3.44. The standard InChI is InChI=1S/C15H10Cl2N4/c1-10-14(6-12(7-18)8-19)15(17)21(20-10)9-11-2-4-13(16)5-3-11/h2-6H,9H2,1H3. The van der Waals surface area contributed by atoms with Gasteiger partial charge in [0.15, 0.2) is 0 Å². The zero-order valence-electron chi connectivity index (χ0n) is 11.1. The largest absolute Gasteiger partial charge is 0.249 e. The maximum absolute atomic E-state index is 8.81. The summed E-state index contributed by atoms with van der Waals surface area (Å²) in [4.78, 5) is 0. The maximum atomic E-state index is 8.81. The smallest absolute Gasteiger partial charge is 0.134 e. The van der Waals surface area contributed by atoms with Crippen molar-refractivity contribution >= 4 is 29.3 Å². The molecular formula is C15H10Cl2N4. The van der Waals surface area contributed by atoms with E-state index >= 15 is 0 Å². The van der Waals surface area contributed by atoms with Crippen molar-refractivity contribution in [3.05, 3.63) is 56.8 Å². The number of nitriles is 2. The number of allylic oxidation sites excluding steroid dienone is 1. The molecule has 0 N–H and O–H groups in total. The molecule has 21 heavy (non-hydrogen) atoms. The Morgan fingerprint density at radius 1 is 1.24 bits per heavy atom. The Hall–Kier alpha value is -2.27. The van der Waals surface area contributed by atoms with E-state index in [1.807, 2.05) is 24.3 Å². The van der Waals surface area contributed by atoms with E-state index in [4.69, 9.17) is 33.7 Å². The highest BCUT2D eigenvalue weighted by Crippen LogP contribution is 2.23. The van der Waals surface area contributed by atoms with Gasteiger partial charge in [0.25, 0.3) is 0 Å². The normalized spacial score (nSPS) is 9.76. The Morgan fingerprint density at radius 3 is 2.43 bits per heavy atom. The van der Waals surface area contributed by atoms with E-state index in [9.17, 15) is 0 Å². The first kappa shape index (κ1) is 15.1. The molecule has 0 aliphatic rings. The molecule has 0 atom stereocenters. The highest BCUT2D eigenvalue weighted by molar-refractivity contribution is 6.31. The summed E-state index contributed by atoms with van der Waals surface area (Å²) in [5.41, 5.74) is 2.24. The van der Waals surface area contributed by atoms with Crippen molar-refractivity contribution in [2.45, 2.75) is 13.5 Å². The number of nitrogens with zero attached hydrogens (tertiary/aromatic N) is 4. The molecule has 2 aromatic rings. The van der Waals surface area contributed by atoms with Crippen molar-refractivity contribution < 1.29 is 0 Å². The van der Waals surface area contributed by atoms with E-state index in [1.165, 1.54) is 6.08 Å². The number of hydrogen-bond acceptors (Lipinski definition) is 3. The van der Waals surface area contributed by atoms with Gasteiger partial charge < -0.3 is 0 Å². The predicted molar refractivity (Wildman–Crippen MR) is 81.7 cm³/mol. The average molecular weight is 317 g/mol. The molecule has 0 fully saturated rings. The molecule has 0 radical (unpaired) electrons. The zero-order chi connectivity index (χ0) is 15.4. The topological polar surface area (TPSA) is 65.4 Å². The summed E-state index contributed by atoms with van der Waals surface area (Å²) in [6.45, 7) is 2.27. The van der Waals surface area contributed by atoms with Crippen LogP contribution in [0.4, 0.5) is 0 Å². The van der Waals surface area contributed by atoms with Gasteiger partial charge in [-0.15, -0.1) is 0 Å². The molecule has 2 rings (SSSR count). The molecule has 1 aromatic heterocycles. The van der Waals surface area contributed by atoms with Crippen molar-refractivity contribution in [2.24, 2.45) is 0 Å². The second-order valence-electron chi connectivity index (χ2n) is 4.36. The lowest BCUT2D eigenvalue weighted by molar-refractivity contribution is 0.680. The molecule has 104 valence electrons. The molecule has 0 amide bonds. The molecule has 0 spiro atoms. The van der Waals surface area contributed by atoms with Crippen LogP contribution in [0.3, 0.4) is 0 Å². The summed E-state index contributed by atoms with van der Waals surface area (Å²) in [7, 11) is 0. The van der Waals surface area contributed by atoms with Gasteiger partial charge >= 0.3 is 0 Å². The van der Waals surface area contributed by atoms with Gasteiger partial charge in [-0.05, 0) is 30.7 Å². The number of halogens is 2. The zero-order valence-corrected chi connectivity index (χ0v) is 12.7. The van der Waals surface area contributed by atoms with Crippen LogP contribution >= 0.6 is 23.2 Å². The van der Waals surface area contributed by atoms with Gasteiger partial charge in [-0.25, -0.2) is 4.68 Å². The number of rotatable bonds is 3. The molecule has 1 aromatic carbocycles. The van der Waals surface area contributed by atoms with E-state index in [2.05, 4.69) is 5.10 Å². The van der Waals surface area contributed by atoms with Crippen LogP contribution in [-0.4, -0.2) is 9.78 Å². The van der Waals surface area contributed by atoms with E-state index in [-0.39, 0.29) is 5.57 Å². The summed E-state index contributed by atoms with van der Waals surface area (Å²) in [5, 5.41) is 23.0. The number of aryl methyl sites for hydroxylation is 1. The lowest BCUT2D eigenvalue weighted by Crippen LogP contribution is -2.01. The van der Waals surface area contributed by atoms with E-state index < -0.39 is 0 Å². The first-order chi connectivity index (χ1) is 10.0. The maximum Gasteiger partial charge on any atom is 0.134 e. The summed E-state index contributed by atoms with van der Waals surface area (Å²) >= 11 is 12.1. The van der Waals surface area contributed by atoms with Gasteiger partial charge in [0.1, 0.15) is 22.9 Å². The van der Waals surface area contributed by atoms with Crippen LogP contribution in [-0.2, 0) is 6.54 Å². The van der Waals surface area contributed by atoms with Gasteiger partial charge in [0.05, 0.1) is 12.2 Å². The Morgan fingerprint density at radius 2 is 1.86 bits per heavy atom. The van der Waals surface area contributed by atoms with Crippen LogP contribution in [0.1, 0.15) is 16.8 Å². The van der Waals surface area contributed by atoms with E-state index in [0.29, 0.717) is 28.0 Å². The predicted octanol–water partition coefficient (Wildman–Crippen LogP) is 3.98. The Balaban J connectivity index is 2.36. The van der Waals surface area contributed by atoms with E-state index in [0.717, 1.165) is 5.56 Å². The number of benzene rings is 1. The molecule has 6 heteroatoms. The minimum absolute atomic E-state index is 0.00829. The monoisotopic (exact) mass is 316 g/mol. The fraction of sp³-hybridized carbons (Fsp3) is 0.133. The summed E-state index contributed by atoms with van der Waals surface area (Å²) in [6.07, 6.45) is 1.45. The summed E-state index contributed by atoms with van der Waals surface area (Å²) in [6, 6.07) is 11.0. The fourth-order valence-electron chi connectivity index (χ4n) is 1.83. The molecular weight excluding hydrogens is 307 g/mol. The lowest BCUT2D eigenvalue weighted by Gasteiger charge is -2.03. The number of hydrogen-bond donors (Lipinski definition) is 0. The molecule has 0 saturated carbocycles. The van der Waals surface area contributed by atoms with Gasteiger partial charge in [-0.2, -0.15) is 15.6 Å². The quantitative estimate of drug-likeness (QED) is 0.804. The van der Waals surface area contributed by atoms with Gasteiger partial charge in [-0.3, -0.25) is 0 Å². The lowest BCUT2D eigenvalue weighted by atomic mass is 10.2. The molecule has 0 bridgehead atoms. The molecule has 1 heterocycles. The van der Waals surface area contributed by atoms with Gasteiger partial charge in [0.2, 0.25) is 0 Å². The van der Waals surface area contributed by atoms with Crippen molar-refractivity contribution in [1.29, 1.82) is 10.5 Å².